The summed E-state index contributed by atoms with van der Waals surface area (Å²) in [6.07, 6.45) is 3.50. The number of aromatic nitrogens is 1. The van der Waals surface area contributed by atoms with E-state index >= 15 is 0 Å². The summed E-state index contributed by atoms with van der Waals surface area (Å²) in [5, 5.41) is 2.85. The van der Waals surface area contributed by atoms with E-state index in [9.17, 15) is 4.79 Å². The number of rotatable bonds is 5. The molecule has 3 aromatic rings. The molecular weight excluding hydrogens is 288 g/mol. The number of amides is 1. The van der Waals surface area contributed by atoms with E-state index in [0.29, 0.717) is 12.2 Å². The van der Waals surface area contributed by atoms with E-state index in [1.165, 1.54) is 0 Å². The van der Waals surface area contributed by atoms with E-state index in [4.69, 9.17) is 4.74 Å². The number of benzene rings is 2. The Labute approximate surface area is 134 Å². The van der Waals surface area contributed by atoms with Gasteiger partial charge in [0.15, 0.2) is 0 Å². The predicted octanol–water partition coefficient (Wildman–Crippen LogP) is 3.91. The Kier molecular flexibility index (Phi) is 4.64. The minimum atomic E-state index is -0.130. The van der Waals surface area contributed by atoms with Gasteiger partial charge in [-0.15, -0.1) is 0 Å². The van der Waals surface area contributed by atoms with Crippen LogP contribution in [0.5, 0.6) is 5.75 Å². The van der Waals surface area contributed by atoms with Crippen LogP contribution in [0.1, 0.15) is 15.9 Å². The third-order valence-corrected chi connectivity index (χ3v) is 3.28. The highest BCUT2D eigenvalue weighted by Gasteiger charge is 2.05. The first-order chi connectivity index (χ1) is 11.3. The van der Waals surface area contributed by atoms with E-state index in [0.717, 1.165) is 17.0 Å². The Morgan fingerprint density at radius 2 is 1.74 bits per heavy atom. The normalized spacial score (nSPS) is 10.1. The predicted molar refractivity (Wildman–Crippen MR) is 89.4 cm³/mol. The van der Waals surface area contributed by atoms with Crippen LogP contribution in [0, 0.1) is 0 Å². The fourth-order valence-corrected chi connectivity index (χ4v) is 2.08. The van der Waals surface area contributed by atoms with Crippen LogP contribution >= 0.6 is 0 Å². The summed E-state index contributed by atoms with van der Waals surface area (Å²) in [5.41, 5.74) is 2.37. The van der Waals surface area contributed by atoms with Crippen LogP contribution in [0.4, 0.5) is 5.69 Å². The van der Waals surface area contributed by atoms with E-state index in [1.54, 1.807) is 24.5 Å². The molecule has 2 aromatic carbocycles. The fourth-order valence-electron chi connectivity index (χ4n) is 2.08. The maximum absolute atomic E-state index is 12.1. The molecule has 0 bridgehead atoms. The average molecular weight is 304 g/mol. The molecule has 0 spiro atoms. The van der Waals surface area contributed by atoms with Gasteiger partial charge in [0, 0.05) is 29.2 Å². The van der Waals surface area contributed by atoms with Crippen LogP contribution in [0.15, 0.2) is 79.1 Å². The molecule has 1 amide bonds. The van der Waals surface area contributed by atoms with Crippen LogP contribution in [-0.4, -0.2) is 10.9 Å². The fraction of sp³-hybridized carbons (Fsp3) is 0.0526. The number of hydrogen-bond acceptors (Lipinski definition) is 3. The lowest BCUT2D eigenvalue weighted by Gasteiger charge is -2.08. The zero-order valence-corrected chi connectivity index (χ0v) is 12.5. The summed E-state index contributed by atoms with van der Waals surface area (Å²) in [5.74, 6) is 0.612. The number of nitrogens with zero attached hydrogens (tertiary/aromatic N) is 1. The molecule has 4 nitrogen and oxygen atoms in total. The van der Waals surface area contributed by atoms with Crippen LogP contribution in [-0.2, 0) is 6.61 Å². The van der Waals surface area contributed by atoms with Gasteiger partial charge in [-0.25, -0.2) is 0 Å². The third kappa shape index (κ3) is 4.17. The molecule has 0 fully saturated rings. The van der Waals surface area contributed by atoms with Crippen molar-refractivity contribution in [2.24, 2.45) is 0 Å². The zero-order valence-electron chi connectivity index (χ0n) is 12.5. The molecule has 0 saturated carbocycles. The average Bonchev–Trinajstić information content (AvgIpc) is 2.63. The second-order valence-electron chi connectivity index (χ2n) is 4.99. The van der Waals surface area contributed by atoms with Gasteiger partial charge in [0.05, 0.1) is 0 Å². The summed E-state index contributed by atoms with van der Waals surface area (Å²) in [6.45, 7) is 0.462. The second kappa shape index (κ2) is 7.22. The third-order valence-electron chi connectivity index (χ3n) is 3.28. The molecule has 0 unspecified atom stereocenters. The monoisotopic (exact) mass is 304 g/mol. The number of anilines is 1. The van der Waals surface area contributed by atoms with Crippen LogP contribution in [0.3, 0.4) is 0 Å². The molecule has 1 aromatic heterocycles. The molecule has 4 heteroatoms. The van der Waals surface area contributed by atoms with Gasteiger partial charge < -0.3 is 10.1 Å². The van der Waals surface area contributed by atoms with Crippen molar-refractivity contribution >= 4 is 11.6 Å². The van der Waals surface area contributed by atoms with Crippen molar-refractivity contribution in [2.45, 2.75) is 6.61 Å². The zero-order chi connectivity index (χ0) is 15.9. The molecule has 0 aliphatic heterocycles. The number of hydrogen-bond donors (Lipinski definition) is 1. The molecule has 114 valence electrons. The first-order valence-corrected chi connectivity index (χ1v) is 7.29. The number of carbonyl (C=O) groups excluding carboxylic acids is 1. The second-order valence-corrected chi connectivity index (χ2v) is 4.99. The highest BCUT2D eigenvalue weighted by atomic mass is 16.5. The lowest BCUT2D eigenvalue weighted by molar-refractivity contribution is 0.102. The molecule has 0 atom stereocenters. The van der Waals surface area contributed by atoms with E-state index in [-0.39, 0.29) is 5.91 Å². The highest BCUT2D eigenvalue weighted by molar-refractivity contribution is 6.04. The Morgan fingerprint density at radius 3 is 2.43 bits per heavy atom. The summed E-state index contributed by atoms with van der Waals surface area (Å²) < 4.78 is 5.68. The summed E-state index contributed by atoms with van der Waals surface area (Å²) in [7, 11) is 0. The highest BCUT2D eigenvalue weighted by Crippen LogP contribution is 2.17. The van der Waals surface area contributed by atoms with Crippen LogP contribution in [0.25, 0.3) is 0 Å². The van der Waals surface area contributed by atoms with Gasteiger partial charge in [0.2, 0.25) is 0 Å². The maximum Gasteiger partial charge on any atom is 0.255 e. The van der Waals surface area contributed by atoms with Gasteiger partial charge in [-0.1, -0.05) is 24.3 Å². The summed E-state index contributed by atoms with van der Waals surface area (Å²) >= 11 is 0. The Hall–Kier alpha value is -3.14. The number of nitrogens with one attached hydrogen (secondary N) is 1. The van der Waals surface area contributed by atoms with Crippen molar-refractivity contribution in [3.63, 3.8) is 0 Å². The van der Waals surface area contributed by atoms with Gasteiger partial charge in [-0.05, 0) is 42.5 Å². The Bertz CT molecular complexity index is 756. The van der Waals surface area contributed by atoms with Crippen LogP contribution in [0.2, 0.25) is 0 Å². The molecular formula is C19H16N2O2. The number of carbonyl (C=O) groups is 1. The number of ether oxygens (including phenoxy) is 1. The quantitative estimate of drug-likeness (QED) is 0.777. The van der Waals surface area contributed by atoms with E-state index in [1.807, 2.05) is 54.6 Å². The molecule has 23 heavy (non-hydrogen) atoms. The van der Waals surface area contributed by atoms with Gasteiger partial charge in [-0.3, -0.25) is 9.78 Å². The topological polar surface area (TPSA) is 51.2 Å². The van der Waals surface area contributed by atoms with Crippen LogP contribution < -0.4 is 10.1 Å². The Morgan fingerprint density at radius 1 is 0.957 bits per heavy atom. The molecule has 0 aliphatic carbocycles. The lowest BCUT2D eigenvalue weighted by atomic mass is 10.2. The summed E-state index contributed by atoms with van der Waals surface area (Å²) in [4.78, 5) is 16.1. The van der Waals surface area contributed by atoms with E-state index < -0.39 is 0 Å². The molecule has 0 radical (unpaired) electrons. The SMILES string of the molecule is O=C(Nc1ccc(OCc2cccnc2)cc1)c1ccccc1. The molecule has 3 rings (SSSR count). The van der Waals surface area contributed by atoms with Crippen molar-refractivity contribution in [1.82, 2.24) is 4.98 Å². The van der Waals surface area contributed by atoms with Crippen molar-refractivity contribution in [3.05, 3.63) is 90.3 Å². The maximum atomic E-state index is 12.1. The minimum absolute atomic E-state index is 0.130. The molecule has 0 saturated heterocycles. The minimum Gasteiger partial charge on any atom is -0.489 e. The van der Waals surface area contributed by atoms with Crippen molar-refractivity contribution in [3.8, 4) is 5.75 Å². The van der Waals surface area contributed by atoms with Gasteiger partial charge in [-0.2, -0.15) is 0 Å². The first-order valence-electron chi connectivity index (χ1n) is 7.29. The number of pyridine rings is 1. The molecule has 1 heterocycles. The van der Waals surface area contributed by atoms with Gasteiger partial charge >= 0.3 is 0 Å². The molecule has 0 aliphatic rings. The first kappa shape index (κ1) is 14.8. The van der Waals surface area contributed by atoms with Gasteiger partial charge in [0.25, 0.3) is 5.91 Å². The smallest absolute Gasteiger partial charge is 0.255 e. The van der Waals surface area contributed by atoms with Crippen molar-refractivity contribution in [1.29, 1.82) is 0 Å². The Balaban J connectivity index is 1.58. The van der Waals surface area contributed by atoms with Crippen molar-refractivity contribution in [2.75, 3.05) is 5.32 Å². The van der Waals surface area contributed by atoms with E-state index in [2.05, 4.69) is 10.3 Å². The largest absolute Gasteiger partial charge is 0.489 e. The lowest BCUT2D eigenvalue weighted by Crippen LogP contribution is -2.11. The van der Waals surface area contributed by atoms with Crippen molar-refractivity contribution < 1.29 is 9.53 Å². The van der Waals surface area contributed by atoms with Gasteiger partial charge in [0.1, 0.15) is 12.4 Å². The summed E-state index contributed by atoms with van der Waals surface area (Å²) in [6, 6.07) is 20.2. The standard InChI is InChI=1S/C19H16N2O2/c22-19(16-6-2-1-3-7-16)21-17-8-10-18(11-9-17)23-14-15-5-4-12-20-13-15/h1-13H,14H2,(H,21,22). The molecule has 1 N–H and O–H groups in total.